The van der Waals surface area contributed by atoms with Gasteiger partial charge < -0.3 is 0 Å². The van der Waals surface area contributed by atoms with E-state index in [-0.39, 0.29) is 17.0 Å². The highest BCUT2D eigenvalue weighted by Crippen LogP contribution is 2.29. The fourth-order valence-electron chi connectivity index (χ4n) is 2.86. The number of carbonyl (C=O) groups excluding carboxylic acids is 2. The highest BCUT2D eigenvalue weighted by molar-refractivity contribution is 6.14. The van der Waals surface area contributed by atoms with E-state index < -0.39 is 16.7 Å². The quantitative estimate of drug-likeness (QED) is 0.233. The summed E-state index contributed by atoms with van der Waals surface area (Å²) in [5.74, 6) is 4.16. The Morgan fingerprint density at radius 3 is 2.50 bits per heavy atom. The van der Waals surface area contributed by atoms with Crippen molar-refractivity contribution in [2.24, 2.45) is 11.8 Å². The number of hydrogen-bond donors (Lipinski definition) is 1. The molecule has 2 aromatic carbocycles. The van der Waals surface area contributed by atoms with Crippen LogP contribution in [0.5, 0.6) is 0 Å². The van der Waals surface area contributed by atoms with Crippen molar-refractivity contribution in [3.8, 4) is 0 Å². The Balaban J connectivity index is 1.88. The maximum atomic E-state index is 12.7. The summed E-state index contributed by atoms with van der Waals surface area (Å²) in [4.78, 5) is 35.4. The zero-order valence-corrected chi connectivity index (χ0v) is 12.7. The molecule has 122 valence electrons. The molecule has 1 atom stereocenters. The van der Waals surface area contributed by atoms with Gasteiger partial charge in [0.15, 0.2) is 5.78 Å². The van der Waals surface area contributed by atoms with E-state index in [0.717, 1.165) is 10.6 Å². The normalized spacial score (nSPS) is 17.1. The van der Waals surface area contributed by atoms with E-state index in [1.54, 1.807) is 12.1 Å². The van der Waals surface area contributed by atoms with Crippen LogP contribution in [-0.4, -0.2) is 16.6 Å². The number of Topliss-reactive ketones (excluding diaryl/α,β-unsaturated/α-hetero) is 1. The van der Waals surface area contributed by atoms with Crippen molar-refractivity contribution < 1.29 is 14.5 Å². The largest absolute Gasteiger partial charge is 0.293 e. The van der Waals surface area contributed by atoms with Crippen molar-refractivity contribution in [2.45, 2.75) is 12.8 Å². The van der Waals surface area contributed by atoms with Crippen molar-refractivity contribution in [1.29, 1.82) is 0 Å². The lowest BCUT2D eigenvalue weighted by Gasteiger charge is -2.20. The zero-order chi connectivity index (χ0) is 17.3. The van der Waals surface area contributed by atoms with E-state index in [9.17, 15) is 19.7 Å². The summed E-state index contributed by atoms with van der Waals surface area (Å²) in [7, 11) is 0. The summed E-state index contributed by atoms with van der Waals surface area (Å²) in [5, 5.41) is 11.7. The molecule has 7 nitrogen and oxygen atoms in total. The van der Waals surface area contributed by atoms with Crippen LogP contribution < -0.4 is 10.9 Å². The predicted octanol–water partition coefficient (Wildman–Crippen LogP) is 2.25. The number of nitrogens with two attached hydrogens (primary N) is 1. The Labute approximate surface area is 137 Å². The molecule has 0 radical (unpaired) electrons. The lowest BCUT2D eigenvalue weighted by molar-refractivity contribution is -0.384. The van der Waals surface area contributed by atoms with Gasteiger partial charge in [-0.3, -0.25) is 19.7 Å². The second kappa shape index (κ2) is 6.21. The van der Waals surface area contributed by atoms with Crippen LogP contribution in [0.1, 0.15) is 22.3 Å². The van der Waals surface area contributed by atoms with Crippen LogP contribution in [-0.2, 0) is 11.2 Å². The second-order valence-corrected chi connectivity index (χ2v) is 5.60. The van der Waals surface area contributed by atoms with Gasteiger partial charge in [0.25, 0.3) is 11.6 Å². The highest BCUT2D eigenvalue weighted by Gasteiger charge is 2.34. The molecule has 1 amide bonds. The van der Waals surface area contributed by atoms with Gasteiger partial charge in [-0.25, -0.2) is 10.9 Å². The van der Waals surface area contributed by atoms with Crippen LogP contribution >= 0.6 is 0 Å². The number of aryl methyl sites for hydroxylation is 1. The number of carbonyl (C=O) groups is 2. The van der Waals surface area contributed by atoms with Gasteiger partial charge >= 0.3 is 0 Å². The molecule has 0 aliphatic carbocycles. The first-order valence-electron chi connectivity index (χ1n) is 7.44. The molecule has 1 aliphatic heterocycles. The number of non-ortho nitro benzene ring substituents is 1. The topological polar surface area (TPSA) is 107 Å². The number of hydrogen-bond acceptors (Lipinski definition) is 5. The Bertz CT molecular complexity index is 817. The summed E-state index contributed by atoms with van der Waals surface area (Å²) in [5.41, 5.74) is 1.67. The summed E-state index contributed by atoms with van der Waals surface area (Å²) in [6.45, 7) is 0. The Hall–Kier alpha value is -3.06. The minimum absolute atomic E-state index is 0.105. The number of para-hydroxylation sites is 1. The number of rotatable bonds is 3. The molecule has 0 bridgehead atoms. The van der Waals surface area contributed by atoms with Gasteiger partial charge in [-0.1, -0.05) is 18.2 Å². The van der Waals surface area contributed by atoms with Crippen LogP contribution in [0.2, 0.25) is 0 Å². The van der Waals surface area contributed by atoms with E-state index in [1.807, 2.05) is 12.1 Å². The smallest absolute Gasteiger partial charge is 0.269 e. The van der Waals surface area contributed by atoms with E-state index >= 15 is 0 Å². The van der Waals surface area contributed by atoms with Crippen molar-refractivity contribution in [1.82, 2.24) is 0 Å². The molecule has 2 N–H and O–H groups in total. The van der Waals surface area contributed by atoms with Gasteiger partial charge in [-0.05, 0) is 36.6 Å². The van der Waals surface area contributed by atoms with Crippen LogP contribution in [0.15, 0.2) is 48.5 Å². The molecule has 0 saturated heterocycles. The molecule has 0 spiro atoms. The Morgan fingerprint density at radius 1 is 1.17 bits per heavy atom. The maximum Gasteiger partial charge on any atom is 0.269 e. The number of nitro groups is 1. The highest BCUT2D eigenvalue weighted by atomic mass is 16.6. The third-order valence-electron chi connectivity index (χ3n) is 4.17. The monoisotopic (exact) mass is 325 g/mol. The summed E-state index contributed by atoms with van der Waals surface area (Å²) < 4.78 is 0. The van der Waals surface area contributed by atoms with Crippen LogP contribution in [0, 0.1) is 16.0 Å². The third-order valence-corrected chi connectivity index (χ3v) is 4.17. The van der Waals surface area contributed by atoms with Crippen LogP contribution in [0.3, 0.4) is 0 Å². The van der Waals surface area contributed by atoms with Gasteiger partial charge in [-0.2, -0.15) is 0 Å². The summed E-state index contributed by atoms with van der Waals surface area (Å²) in [6.07, 6.45) is 0.901. The van der Waals surface area contributed by atoms with E-state index in [4.69, 9.17) is 5.84 Å². The van der Waals surface area contributed by atoms with Gasteiger partial charge in [0.1, 0.15) is 5.92 Å². The number of ketones is 1. The maximum absolute atomic E-state index is 12.7. The lowest BCUT2D eigenvalue weighted by Crippen LogP contribution is -2.43. The van der Waals surface area contributed by atoms with Crippen molar-refractivity contribution in [2.75, 3.05) is 5.01 Å². The number of nitro benzene ring substituents is 1. The third kappa shape index (κ3) is 2.77. The molecule has 0 fully saturated rings. The molecular formula is C17H15N3O4. The van der Waals surface area contributed by atoms with Crippen LogP contribution in [0.4, 0.5) is 11.4 Å². The average molecular weight is 325 g/mol. The SMILES string of the molecule is NN1C(=O)C(C(=O)c2ccc([N+](=O)[O-])cc2)CCc2ccccc21. The van der Waals surface area contributed by atoms with Gasteiger partial charge in [0, 0.05) is 17.7 Å². The zero-order valence-electron chi connectivity index (χ0n) is 12.7. The number of anilines is 1. The first kappa shape index (κ1) is 15.8. The number of hydrazine groups is 1. The van der Waals surface area contributed by atoms with Crippen LogP contribution in [0.25, 0.3) is 0 Å². The van der Waals surface area contributed by atoms with Gasteiger partial charge in [0.05, 0.1) is 10.6 Å². The molecule has 1 unspecified atom stereocenters. The number of amides is 1. The standard InChI is InChI=1S/C17H15N3O4/c18-19-15-4-2-1-3-11(15)7-10-14(17(19)22)16(21)12-5-8-13(9-6-12)20(23)24/h1-6,8-9,14H,7,10,18H2. The summed E-state index contributed by atoms with van der Waals surface area (Å²) >= 11 is 0. The van der Waals surface area contributed by atoms with Gasteiger partial charge in [0.2, 0.25) is 0 Å². The second-order valence-electron chi connectivity index (χ2n) is 5.60. The predicted molar refractivity (Wildman–Crippen MR) is 87.4 cm³/mol. The van der Waals surface area contributed by atoms with Gasteiger partial charge in [-0.15, -0.1) is 0 Å². The summed E-state index contributed by atoms with van der Waals surface area (Å²) in [6, 6.07) is 12.5. The van der Waals surface area contributed by atoms with E-state index in [2.05, 4.69) is 0 Å². The lowest BCUT2D eigenvalue weighted by atomic mass is 9.92. The number of nitrogens with zero attached hydrogens (tertiary/aromatic N) is 2. The number of fused-ring (bicyclic) bond motifs is 1. The first-order chi connectivity index (χ1) is 11.5. The van der Waals surface area contributed by atoms with Crippen molar-refractivity contribution in [3.63, 3.8) is 0 Å². The fourth-order valence-corrected chi connectivity index (χ4v) is 2.86. The molecule has 7 heteroatoms. The van der Waals surface area contributed by atoms with Crippen molar-refractivity contribution in [3.05, 3.63) is 69.8 Å². The van der Waals surface area contributed by atoms with E-state index in [1.165, 1.54) is 24.3 Å². The fraction of sp³-hybridized carbons (Fsp3) is 0.176. The van der Waals surface area contributed by atoms with Crippen molar-refractivity contribution >= 4 is 23.1 Å². The Morgan fingerprint density at radius 2 is 1.83 bits per heavy atom. The number of benzene rings is 2. The minimum atomic E-state index is -0.899. The molecule has 1 heterocycles. The molecule has 1 aliphatic rings. The average Bonchev–Trinajstić information content (AvgIpc) is 2.72. The molecule has 0 aromatic heterocycles. The molecule has 2 aromatic rings. The minimum Gasteiger partial charge on any atom is -0.293 e. The Kier molecular flexibility index (Phi) is 4.09. The van der Waals surface area contributed by atoms with E-state index in [0.29, 0.717) is 18.5 Å². The molecule has 24 heavy (non-hydrogen) atoms. The molecule has 3 rings (SSSR count). The molecular weight excluding hydrogens is 310 g/mol. The first-order valence-corrected chi connectivity index (χ1v) is 7.44. The molecule has 0 saturated carbocycles.